The molecule has 2 aromatic rings. The zero-order valence-corrected chi connectivity index (χ0v) is 8.79. The molecule has 4 nitrogen and oxygen atoms in total. The average Bonchev–Trinajstić information content (AvgIpc) is 2.31. The number of nitrogens with zero attached hydrogens (tertiary/aromatic N) is 3. The Morgan fingerprint density at radius 1 is 1.00 bits per heavy atom. The van der Waals surface area contributed by atoms with E-state index in [0.29, 0.717) is 0 Å². The summed E-state index contributed by atoms with van der Waals surface area (Å²) in [5, 5.41) is 10.6. The van der Waals surface area contributed by atoms with Gasteiger partial charge in [-0.15, -0.1) is 0 Å². The maximum absolute atomic E-state index is 9.69. The van der Waals surface area contributed by atoms with Crippen LogP contribution in [0.25, 0.3) is 10.9 Å². The fourth-order valence-corrected chi connectivity index (χ4v) is 1.87. The highest BCUT2D eigenvalue weighted by atomic mass is 16.5. The van der Waals surface area contributed by atoms with Crippen LogP contribution in [0.4, 0.5) is 0 Å². The summed E-state index contributed by atoms with van der Waals surface area (Å²) in [6.07, 6.45) is 0. The lowest BCUT2D eigenvalue weighted by Gasteiger charge is -1.98. The van der Waals surface area contributed by atoms with Crippen LogP contribution in [0, 0.1) is 27.7 Å². The van der Waals surface area contributed by atoms with E-state index in [1.165, 1.54) is 4.73 Å². The van der Waals surface area contributed by atoms with Gasteiger partial charge in [-0.1, -0.05) is 0 Å². The number of aryl methyl sites for hydroxylation is 4. The van der Waals surface area contributed by atoms with Crippen molar-refractivity contribution in [3.63, 3.8) is 0 Å². The standard InChI is InChI=1S/C10H13N3O/c1-5-9-6(2)13(14)7(3)10(9)12-8(4)11-5/h14H,1-4H3. The molecule has 1 N–H and O–H groups in total. The molecule has 0 saturated carbocycles. The van der Waals surface area contributed by atoms with Gasteiger partial charge in [0.05, 0.1) is 22.6 Å². The van der Waals surface area contributed by atoms with E-state index in [4.69, 9.17) is 0 Å². The zero-order valence-electron chi connectivity index (χ0n) is 8.79. The third-order valence-corrected chi connectivity index (χ3v) is 2.54. The predicted molar refractivity (Wildman–Crippen MR) is 53.7 cm³/mol. The van der Waals surface area contributed by atoms with Gasteiger partial charge >= 0.3 is 0 Å². The highest BCUT2D eigenvalue weighted by Crippen LogP contribution is 2.24. The third-order valence-electron chi connectivity index (χ3n) is 2.54. The van der Waals surface area contributed by atoms with Gasteiger partial charge in [-0.25, -0.2) is 9.97 Å². The second-order valence-corrected chi connectivity index (χ2v) is 3.56. The molecule has 2 heterocycles. The molecule has 0 aliphatic carbocycles. The Morgan fingerprint density at radius 3 is 2.29 bits per heavy atom. The monoisotopic (exact) mass is 191 g/mol. The molecule has 14 heavy (non-hydrogen) atoms. The summed E-state index contributed by atoms with van der Waals surface area (Å²) < 4.78 is 1.17. The first-order valence-corrected chi connectivity index (χ1v) is 4.54. The molecule has 0 spiro atoms. The van der Waals surface area contributed by atoms with E-state index in [0.717, 1.165) is 33.8 Å². The molecule has 0 aromatic carbocycles. The molecule has 0 atom stereocenters. The van der Waals surface area contributed by atoms with Crippen LogP contribution in [-0.2, 0) is 0 Å². The summed E-state index contributed by atoms with van der Waals surface area (Å²) in [5.74, 6) is 0.740. The molecule has 0 aliphatic heterocycles. The van der Waals surface area contributed by atoms with Crippen LogP contribution in [0.3, 0.4) is 0 Å². The first-order chi connectivity index (χ1) is 6.52. The summed E-state index contributed by atoms with van der Waals surface area (Å²) in [4.78, 5) is 8.61. The first-order valence-electron chi connectivity index (χ1n) is 4.54. The van der Waals surface area contributed by atoms with Crippen LogP contribution >= 0.6 is 0 Å². The molecule has 4 heteroatoms. The fraction of sp³-hybridized carbons (Fsp3) is 0.400. The number of fused-ring (bicyclic) bond motifs is 1. The van der Waals surface area contributed by atoms with Crippen LogP contribution < -0.4 is 0 Å². The molecule has 0 saturated heterocycles. The van der Waals surface area contributed by atoms with E-state index in [1.54, 1.807) is 0 Å². The lowest BCUT2D eigenvalue weighted by atomic mass is 10.2. The van der Waals surface area contributed by atoms with Gasteiger partial charge in [-0.3, -0.25) is 0 Å². The van der Waals surface area contributed by atoms with Crippen LogP contribution in [0.2, 0.25) is 0 Å². The van der Waals surface area contributed by atoms with Gasteiger partial charge in [0, 0.05) is 5.39 Å². The van der Waals surface area contributed by atoms with Crippen LogP contribution in [0.15, 0.2) is 0 Å². The first kappa shape index (κ1) is 8.99. The molecular weight excluding hydrogens is 178 g/mol. The Morgan fingerprint density at radius 2 is 1.64 bits per heavy atom. The number of aromatic nitrogens is 3. The number of rotatable bonds is 0. The van der Waals surface area contributed by atoms with Gasteiger partial charge < -0.3 is 5.21 Å². The minimum Gasteiger partial charge on any atom is -0.428 e. The molecular formula is C10H13N3O. The van der Waals surface area contributed by atoms with Crippen LogP contribution in [0.5, 0.6) is 0 Å². The Hall–Kier alpha value is -1.58. The average molecular weight is 191 g/mol. The van der Waals surface area contributed by atoms with E-state index in [2.05, 4.69) is 9.97 Å². The lowest BCUT2D eigenvalue weighted by Crippen LogP contribution is -1.94. The van der Waals surface area contributed by atoms with Crippen molar-refractivity contribution in [1.29, 1.82) is 0 Å². The Balaban J connectivity index is 3.02. The van der Waals surface area contributed by atoms with Crippen molar-refractivity contribution in [3.8, 4) is 0 Å². The van der Waals surface area contributed by atoms with Gasteiger partial charge in [0.1, 0.15) is 5.82 Å². The number of hydrogen-bond acceptors (Lipinski definition) is 3. The highest BCUT2D eigenvalue weighted by Gasteiger charge is 2.14. The van der Waals surface area contributed by atoms with Crippen molar-refractivity contribution in [2.24, 2.45) is 0 Å². The van der Waals surface area contributed by atoms with E-state index >= 15 is 0 Å². The third kappa shape index (κ3) is 0.999. The summed E-state index contributed by atoms with van der Waals surface area (Å²) in [5.41, 5.74) is 3.33. The van der Waals surface area contributed by atoms with Crippen molar-refractivity contribution in [3.05, 3.63) is 22.9 Å². The van der Waals surface area contributed by atoms with E-state index in [1.807, 2.05) is 27.7 Å². The van der Waals surface area contributed by atoms with E-state index < -0.39 is 0 Å². The van der Waals surface area contributed by atoms with Gasteiger partial charge in [-0.05, 0) is 27.7 Å². The van der Waals surface area contributed by atoms with Gasteiger partial charge in [0.2, 0.25) is 0 Å². The minimum absolute atomic E-state index is 0.740. The maximum atomic E-state index is 9.69. The molecule has 74 valence electrons. The van der Waals surface area contributed by atoms with E-state index in [-0.39, 0.29) is 0 Å². The highest BCUT2D eigenvalue weighted by molar-refractivity contribution is 5.86. The summed E-state index contributed by atoms with van der Waals surface area (Å²) in [7, 11) is 0. The van der Waals surface area contributed by atoms with Crippen molar-refractivity contribution < 1.29 is 5.21 Å². The van der Waals surface area contributed by atoms with Crippen molar-refractivity contribution in [1.82, 2.24) is 14.7 Å². The normalized spacial score (nSPS) is 11.1. The molecule has 0 fully saturated rings. The summed E-state index contributed by atoms with van der Waals surface area (Å²) >= 11 is 0. The summed E-state index contributed by atoms with van der Waals surface area (Å²) in [6.45, 7) is 7.50. The second-order valence-electron chi connectivity index (χ2n) is 3.56. The maximum Gasteiger partial charge on any atom is 0.126 e. The minimum atomic E-state index is 0.740. The van der Waals surface area contributed by atoms with Crippen molar-refractivity contribution in [2.45, 2.75) is 27.7 Å². The molecule has 0 aliphatic rings. The largest absolute Gasteiger partial charge is 0.428 e. The van der Waals surface area contributed by atoms with Crippen molar-refractivity contribution >= 4 is 10.9 Å². The number of hydrogen-bond donors (Lipinski definition) is 1. The quantitative estimate of drug-likeness (QED) is 0.647. The molecule has 2 rings (SSSR count). The zero-order chi connectivity index (χ0) is 10.5. The van der Waals surface area contributed by atoms with Gasteiger partial charge in [-0.2, -0.15) is 4.73 Å². The van der Waals surface area contributed by atoms with Gasteiger partial charge in [0.25, 0.3) is 0 Å². The Kier molecular flexibility index (Phi) is 1.74. The summed E-state index contributed by atoms with van der Waals surface area (Å²) in [6, 6.07) is 0. The predicted octanol–water partition coefficient (Wildman–Crippen LogP) is 1.90. The molecule has 0 radical (unpaired) electrons. The lowest BCUT2D eigenvalue weighted by molar-refractivity contribution is 0.176. The topological polar surface area (TPSA) is 50.9 Å². The van der Waals surface area contributed by atoms with Crippen LogP contribution in [-0.4, -0.2) is 19.9 Å². The Labute approximate surface area is 82.2 Å². The molecule has 0 amide bonds. The smallest absolute Gasteiger partial charge is 0.126 e. The fourth-order valence-electron chi connectivity index (χ4n) is 1.87. The SMILES string of the molecule is Cc1nc(C)c2c(C)n(O)c(C)c2n1. The molecule has 0 bridgehead atoms. The second kappa shape index (κ2) is 2.70. The van der Waals surface area contributed by atoms with Gasteiger partial charge in [0.15, 0.2) is 0 Å². The van der Waals surface area contributed by atoms with Crippen LogP contribution in [0.1, 0.15) is 22.9 Å². The molecule has 0 unspecified atom stereocenters. The van der Waals surface area contributed by atoms with Crippen molar-refractivity contribution in [2.75, 3.05) is 0 Å². The molecule has 2 aromatic heterocycles. The Bertz CT molecular complexity index is 514. The van der Waals surface area contributed by atoms with E-state index in [9.17, 15) is 5.21 Å².